The number of aromatic carboxylic acids is 1. The van der Waals surface area contributed by atoms with Gasteiger partial charge in [0.25, 0.3) is 5.91 Å². The van der Waals surface area contributed by atoms with E-state index in [9.17, 15) is 9.59 Å². The zero-order valence-corrected chi connectivity index (χ0v) is 13.9. The van der Waals surface area contributed by atoms with E-state index in [1.165, 1.54) is 44.0 Å². The van der Waals surface area contributed by atoms with E-state index in [4.69, 9.17) is 5.11 Å². The number of fused-ring (bicyclic) bond motifs is 2. The van der Waals surface area contributed by atoms with Gasteiger partial charge in [0, 0.05) is 18.8 Å². The van der Waals surface area contributed by atoms with Crippen LogP contribution in [0.1, 0.15) is 65.8 Å². The molecule has 0 aromatic carbocycles. The van der Waals surface area contributed by atoms with Crippen LogP contribution in [0.5, 0.6) is 0 Å². The minimum atomic E-state index is -1.02. The van der Waals surface area contributed by atoms with Gasteiger partial charge in [-0.25, -0.2) is 4.79 Å². The lowest BCUT2D eigenvalue weighted by molar-refractivity contribution is 0.0696. The van der Waals surface area contributed by atoms with Crippen molar-refractivity contribution in [2.24, 2.45) is 17.8 Å². The zero-order valence-electron chi connectivity index (χ0n) is 13.9. The second-order valence-corrected chi connectivity index (χ2v) is 7.70. The number of carboxylic acids is 1. The monoisotopic (exact) mass is 328 g/mol. The molecule has 0 radical (unpaired) electrons. The van der Waals surface area contributed by atoms with Gasteiger partial charge in [0.2, 0.25) is 0 Å². The number of pyridine rings is 1. The molecular weight excluding hydrogens is 304 g/mol. The normalized spacial score (nSPS) is 31.6. The summed E-state index contributed by atoms with van der Waals surface area (Å²) in [4.78, 5) is 30.0. The van der Waals surface area contributed by atoms with Crippen LogP contribution in [0.2, 0.25) is 0 Å². The van der Waals surface area contributed by atoms with Gasteiger partial charge in [0.05, 0.1) is 5.56 Å². The maximum absolute atomic E-state index is 12.8. The van der Waals surface area contributed by atoms with Crippen molar-refractivity contribution in [2.75, 3.05) is 6.54 Å². The number of carboxylic acid groups (broad SMARTS) is 1. The number of likely N-dealkylation sites (tertiary alicyclic amines) is 1. The number of hydrogen-bond donors (Lipinski definition) is 1. The van der Waals surface area contributed by atoms with Gasteiger partial charge in [0.1, 0.15) is 5.69 Å². The van der Waals surface area contributed by atoms with Gasteiger partial charge < -0.3 is 10.0 Å². The first-order chi connectivity index (χ1) is 11.6. The molecule has 128 valence electrons. The summed E-state index contributed by atoms with van der Waals surface area (Å²) >= 11 is 0. The maximum atomic E-state index is 12.8. The van der Waals surface area contributed by atoms with Crippen molar-refractivity contribution in [3.05, 3.63) is 29.6 Å². The maximum Gasteiger partial charge on any atom is 0.335 e. The van der Waals surface area contributed by atoms with Gasteiger partial charge in [-0.05, 0) is 68.4 Å². The quantitative estimate of drug-likeness (QED) is 0.921. The van der Waals surface area contributed by atoms with Gasteiger partial charge in [-0.2, -0.15) is 0 Å². The standard InChI is InChI=1S/C19H24N2O3/c22-18(17-11-14(19(23)24)5-6-20-17)21-7-1-2-16(21)10-15-9-12-3-4-13(15)8-12/h5-6,11-13,15-16H,1-4,7-10H2,(H,23,24). The third-order valence-corrected chi connectivity index (χ3v) is 6.32. The molecule has 4 atom stereocenters. The van der Waals surface area contributed by atoms with Crippen LogP contribution < -0.4 is 0 Å². The molecule has 4 rings (SSSR count). The molecule has 2 heterocycles. The van der Waals surface area contributed by atoms with Crippen LogP contribution >= 0.6 is 0 Å². The average molecular weight is 328 g/mol. The first kappa shape index (κ1) is 15.6. The number of hydrogen-bond acceptors (Lipinski definition) is 3. The average Bonchev–Trinajstić information content (AvgIpc) is 3.31. The third-order valence-electron chi connectivity index (χ3n) is 6.32. The number of carbonyl (C=O) groups excluding carboxylic acids is 1. The van der Waals surface area contributed by atoms with Gasteiger partial charge in [-0.1, -0.05) is 6.42 Å². The van der Waals surface area contributed by atoms with Crippen molar-refractivity contribution in [1.82, 2.24) is 9.88 Å². The minimum absolute atomic E-state index is 0.108. The van der Waals surface area contributed by atoms with Crippen molar-refractivity contribution in [2.45, 2.75) is 51.0 Å². The van der Waals surface area contributed by atoms with E-state index in [1.807, 2.05) is 4.90 Å². The Kier molecular flexibility index (Phi) is 4.02. The van der Waals surface area contributed by atoms with Crippen molar-refractivity contribution >= 4 is 11.9 Å². The molecule has 2 saturated carbocycles. The fourth-order valence-corrected chi connectivity index (χ4v) is 5.19. The Morgan fingerprint density at radius 1 is 1.25 bits per heavy atom. The molecular formula is C19H24N2O3. The molecule has 4 unspecified atom stereocenters. The van der Waals surface area contributed by atoms with Gasteiger partial charge in [-0.3, -0.25) is 9.78 Å². The van der Waals surface area contributed by atoms with Crippen molar-refractivity contribution < 1.29 is 14.7 Å². The molecule has 1 N–H and O–H groups in total. The molecule has 5 heteroatoms. The Morgan fingerprint density at radius 3 is 2.83 bits per heavy atom. The van der Waals surface area contributed by atoms with Crippen LogP contribution in [0.15, 0.2) is 18.3 Å². The largest absolute Gasteiger partial charge is 0.478 e. The van der Waals surface area contributed by atoms with E-state index < -0.39 is 5.97 Å². The number of aromatic nitrogens is 1. The topological polar surface area (TPSA) is 70.5 Å². The molecule has 1 aromatic heterocycles. The smallest absolute Gasteiger partial charge is 0.335 e. The van der Waals surface area contributed by atoms with Gasteiger partial charge >= 0.3 is 5.97 Å². The van der Waals surface area contributed by atoms with E-state index in [0.717, 1.165) is 43.6 Å². The summed E-state index contributed by atoms with van der Waals surface area (Å²) < 4.78 is 0. The summed E-state index contributed by atoms with van der Waals surface area (Å²) in [5.74, 6) is 1.45. The number of rotatable bonds is 4. The Morgan fingerprint density at radius 2 is 2.12 bits per heavy atom. The molecule has 24 heavy (non-hydrogen) atoms. The summed E-state index contributed by atoms with van der Waals surface area (Å²) in [7, 11) is 0. The molecule has 1 saturated heterocycles. The highest BCUT2D eigenvalue weighted by Crippen LogP contribution is 2.50. The second-order valence-electron chi connectivity index (χ2n) is 7.70. The molecule has 5 nitrogen and oxygen atoms in total. The first-order valence-electron chi connectivity index (χ1n) is 9.12. The fourth-order valence-electron chi connectivity index (χ4n) is 5.19. The number of carbonyl (C=O) groups is 2. The fraction of sp³-hybridized carbons (Fsp3) is 0.632. The first-order valence-corrected chi connectivity index (χ1v) is 9.12. The van der Waals surface area contributed by atoms with Crippen LogP contribution in [0, 0.1) is 17.8 Å². The Bertz CT molecular complexity index is 660. The summed E-state index contributed by atoms with van der Waals surface area (Å²) in [5, 5.41) is 9.11. The van der Waals surface area contributed by atoms with Gasteiger partial charge in [0.15, 0.2) is 0 Å². The van der Waals surface area contributed by atoms with Gasteiger partial charge in [-0.15, -0.1) is 0 Å². The SMILES string of the molecule is O=C(O)c1ccnc(C(=O)N2CCCC2CC2CC3CCC2C3)c1. The number of nitrogens with zero attached hydrogens (tertiary/aromatic N) is 2. The lowest BCUT2D eigenvalue weighted by Gasteiger charge is -2.30. The predicted octanol–water partition coefficient (Wildman–Crippen LogP) is 3.21. The van der Waals surface area contributed by atoms with Crippen molar-refractivity contribution in [3.8, 4) is 0 Å². The highest BCUT2D eigenvalue weighted by Gasteiger charge is 2.42. The van der Waals surface area contributed by atoms with E-state index in [-0.39, 0.29) is 17.2 Å². The molecule has 3 aliphatic rings. The third kappa shape index (κ3) is 2.80. The van der Waals surface area contributed by atoms with Crippen LogP contribution in [-0.2, 0) is 0 Å². The van der Waals surface area contributed by atoms with Crippen molar-refractivity contribution in [1.29, 1.82) is 0 Å². The van der Waals surface area contributed by atoms with Crippen molar-refractivity contribution in [3.63, 3.8) is 0 Å². The summed E-state index contributed by atoms with van der Waals surface area (Å²) in [5.41, 5.74) is 0.381. The van der Waals surface area contributed by atoms with E-state index in [1.54, 1.807) is 0 Å². The lowest BCUT2D eigenvalue weighted by atomic mass is 9.83. The number of amides is 1. The second kappa shape index (κ2) is 6.19. The van der Waals surface area contributed by atoms with Crippen LogP contribution in [0.3, 0.4) is 0 Å². The molecule has 0 spiro atoms. The molecule has 1 aromatic rings. The Labute approximate surface area is 142 Å². The Hall–Kier alpha value is -1.91. The lowest BCUT2D eigenvalue weighted by Crippen LogP contribution is -2.37. The molecule has 1 amide bonds. The molecule has 1 aliphatic heterocycles. The Balaban J connectivity index is 1.47. The van der Waals surface area contributed by atoms with E-state index in [2.05, 4.69) is 4.98 Å². The zero-order chi connectivity index (χ0) is 16.7. The highest BCUT2D eigenvalue weighted by atomic mass is 16.4. The predicted molar refractivity (Wildman–Crippen MR) is 88.8 cm³/mol. The minimum Gasteiger partial charge on any atom is -0.478 e. The molecule has 2 aliphatic carbocycles. The van der Waals surface area contributed by atoms with E-state index in [0.29, 0.717) is 6.04 Å². The summed E-state index contributed by atoms with van der Waals surface area (Å²) in [6.07, 6.45) is 10.2. The summed E-state index contributed by atoms with van der Waals surface area (Å²) in [6.45, 7) is 0.767. The van der Waals surface area contributed by atoms with Crippen LogP contribution in [-0.4, -0.2) is 39.5 Å². The van der Waals surface area contributed by atoms with E-state index >= 15 is 0 Å². The molecule has 3 fully saturated rings. The van der Waals surface area contributed by atoms with Crippen LogP contribution in [0.25, 0.3) is 0 Å². The summed E-state index contributed by atoms with van der Waals surface area (Å²) in [6, 6.07) is 3.13. The van der Waals surface area contributed by atoms with Crippen LogP contribution in [0.4, 0.5) is 0 Å². The highest BCUT2D eigenvalue weighted by molar-refractivity contribution is 5.96. The molecule has 2 bridgehead atoms.